The van der Waals surface area contributed by atoms with E-state index in [0.717, 1.165) is 35.2 Å². The second-order valence-electron chi connectivity index (χ2n) is 8.33. The number of benzene rings is 2. The van der Waals surface area contributed by atoms with Crippen molar-refractivity contribution in [2.45, 2.75) is 31.6 Å². The van der Waals surface area contributed by atoms with E-state index in [4.69, 9.17) is 0 Å². The Balaban J connectivity index is 1.64. The van der Waals surface area contributed by atoms with Crippen LogP contribution in [0.2, 0.25) is 0 Å². The fourth-order valence-corrected chi connectivity index (χ4v) is 5.36. The summed E-state index contributed by atoms with van der Waals surface area (Å²) in [5, 5.41) is 0. The lowest BCUT2D eigenvalue weighted by atomic mass is 10.1. The summed E-state index contributed by atoms with van der Waals surface area (Å²) in [6.07, 6.45) is 6.08. The van der Waals surface area contributed by atoms with Gasteiger partial charge in [0.2, 0.25) is 0 Å². The third kappa shape index (κ3) is 5.92. The number of imidazole rings is 1. The van der Waals surface area contributed by atoms with E-state index in [2.05, 4.69) is 30.1 Å². The Bertz CT molecular complexity index is 1390. The molecular weight excluding hydrogens is 561 g/mol. The molecule has 0 saturated heterocycles. The minimum absolute atomic E-state index is 0.150. The highest BCUT2D eigenvalue weighted by molar-refractivity contribution is 9.10. The number of halogens is 3. The molecule has 0 amide bonds. The molecule has 190 valence electrons. The van der Waals surface area contributed by atoms with Gasteiger partial charge in [0.1, 0.15) is 0 Å². The van der Waals surface area contributed by atoms with E-state index in [9.17, 15) is 23.2 Å². The molecule has 0 unspecified atom stereocenters. The van der Waals surface area contributed by atoms with Crippen molar-refractivity contribution in [2.24, 2.45) is 0 Å². The molecule has 36 heavy (non-hydrogen) atoms. The number of nitrogens with zero attached hydrogens (tertiary/aromatic N) is 2. The molecule has 0 spiro atoms. The van der Waals surface area contributed by atoms with Crippen molar-refractivity contribution in [3.63, 3.8) is 0 Å². The van der Waals surface area contributed by atoms with Crippen LogP contribution in [0, 0.1) is 0 Å². The van der Waals surface area contributed by atoms with E-state index in [1.807, 2.05) is 30.5 Å². The third-order valence-corrected chi connectivity index (χ3v) is 7.68. The Kier molecular flexibility index (Phi) is 8.04. The van der Waals surface area contributed by atoms with Gasteiger partial charge in [-0.05, 0) is 56.3 Å². The maximum atomic E-state index is 13.2. The van der Waals surface area contributed by atoms with Crippen LogP contribution < -0.4 is 5.69 Å². The lowest BCUT2D eigenvalue weighted by Gasteiger charge is -2.12. The van der Waals surface area contributed by atoms with Crippen LogP contribution in [0.1, 0.15) is 35.6 Å². The maximum absolute atomic E-state index is 13.2. The quantitative estimate of drug-likeness (QED) is 0.162. The highest BCUT2D eigenvalue weighted by Crippen LogP contribution is 2.53. The molecule has 12 heteroatoms. The number of carbonyl (C=O) groups excluding carboxylic acids is 1. The Morgan fingerprint density at radius 3 is 2.44 bits per heavy atom. The van der Waals surface area contributed by atoms with Crippen molar-refractivity contribution in [3.8, 4) is 11.3 Å². The largest absolute Gasteiger partial charge is 0.466 e. The van der Waals surface area contributed by atoms with Crippen LogP contribution in [0.5, 0.6) is 0 Å². The molecule has 0 N–H and O–H groups in total. The van der Waals surface area contributed by atoms with Crippen LogP contribution in [0.25, 0.3) is 17.3 Å². The van der Waals surface area contributed by atoms with E-state index in [-0.39, 0.29) is 18.3 Å². The summed E-state index contributed by atoms with van der Waals surface area (Å²) in [7, 11) is -3.23. The second-order valence-corrected chi connectivity index (χ2v) is 11.0. The van der Waals surface area contributed by atoms with Gasteiger partial charge in [-0.15, -0.1) is 9.46 Å². The molecule has 0 aliphatic heterocycles. The summed E-state index contributed by atoms with van der Waals surface area (Å²) in [4.78, 5) is 24.6. The molecule has 1 heterocycles. The van der Waals surface area contributed by atoms with Gasteiger partial charge in [-0.1, -0.05) is 52.3 Å². The molecule has 0 radical (unpaired) electrons. The number of ether oxygens (including phenoxy) is 1. The van der Waals surface area contributed by atoms with Crippen LogP contribution in [-0.2, 0) is 36.3 Å². The molecule has 1 aliphatic carbocycles. The molecule has 1 fully saturated rings. The second kappa shape index (κ2) is 11.0. The minimum Gasteiger partial charge on any atom is -0.466 e. The summed E-state index contributed by atoms with van der Waals surface area (Å²) >= 11 is 3.32. The van der Waals surface area contributed by atoms with Crippen LogP contribution in [0.3, 0.4) is 0 Å². The van der Waals surface area contributed by atoms with E-state index in [1.165, 1.54) is 19.3 Å². The third-order valence-electron chi connectivity index (χ3n) is 5.80. The Morgan fingerprint density at radius 2 is 1.86 bits per heavy atom. The average molecular weight is 583 g/mol. The zero-order valence-corrected chi connectivity index (χ0v) is 21.6. The number of esters is 1. The van der Waals surface area contributed by atoms with E-state index in [0.29, 0.717) is 10.0 Å². The first kappa shape index (κ1) is 26.2. The highest BCUT2D eigenvalue weighted by Gasteiger charge is 2.30. The van der Waals surface area contributed by atoms with Crippen molar-refractivity contribution in [3.05, 3.63) is 86.4 Å². The first-order valence-corrected chi connectivity index (χ1v) is 13.4. The van der Waals surface area contributed by atoms with Crippen molar-refractivity contribution in [1.29, 1.82) is 0 Å². The SMILES string of the molecule is COC(=O)C=Cc1ccc(-c2cn(C3CC3)c(=O)n2Cc2ccc(CP(=O)(OF)OF)c(Br)c2)cc1. The smallest absolute Gasteiger partial charge is 0.399 e. The molecule has 1 aliphatic rings. The standard InChI is InChI=1S/C24H22BrF2N2O6P/c1-33-23(30)11-5-16-2-6-18(7-3-16)22-14-28(20-9-10-20)24(31)29(22)13-17-4-8-19(21(25)12-17)15-36(32,34-26)35-27/h2-8,11-12,14,20H,9-10,13,15H2,1H3. The zero-order chi connectivity index (χ0) is 25.9. The van der Waals surface area contributed by atoms with Crippen LogP contribution >= 0.6 is 23.5 Å². The number of aromatic nitrogens is 2. The lowest BCUT2D eigenvalue weighted by Crippen LogP contribution is -2.24. The molecule has 3 aromatic rings. The van der Waals surface area contributed by atoms with Crippen molar-refractivity contribution in [1.82, 2.24) is 9.13 Å². The van der Waals surface area contributed by atoms with Gasteiger partial charge in [0, 0.05) is 22.8 Å². The van der Waals surface area contributed by atoms with Gasteiger partial charge in [-0.3, -0.25) is 13.7 Å². The van der Waals surface area contributed by atoms with Gasteiger partial charge in [-0.25, -0.2) is 9.59 Å². The number of carbonyl (C=O) groups is 1. The molecule has 1 aromatic heterocycles. The maximum Gasteiger partial charge on any atom is 0.399 e. The van der Waals surface area contributed by atoms with Crippen LogP contribution in [0.15, 0.2) is 64.0 Å². The molecule has 4 rings (SSSR count). The van der Waals surface area contributed by atoms with Crippen LogP contribution in [0.4, 0.5) is 9.05 Å². The van der Waals surface area contributed by atoms with Gasteiger partial charge in [0.05, 0.1) is 25.5 Å². The molecule has 8 nitrogen and oxygen atoms in total. The van der Waals surface area contributed by atoms with Crippen molar-refractivity contribution >= 4 is 35.6 Å². The average Bonchev–Trinajstić information content (AvgIpc) is 3.69. The molecular formula is C24H22BrF2N2O6P. The summed E-state index contributed by atoms with van der Waals surface area (Å²) < 4.78 is 51.5. The molecule has 0 bridgehead atoms. The Hall–Kier alpha value is -2.85. The van der Waals surface area contributed by atoms with Gasteiger partial charge >= 0.3 is 19.3 Å². The monoisotopic (exact) mass is 582 g/mol. The first-order chi connectivity index (χ1) is 17.3. The van der Waals surface area contributed by atoms with Crippen molar-refractivity contribution < 1.29 is 32.6 Å². The first-order valence-electron chi connectivity index (χ1n) is 10.9. The molecule has 2 aromatic carbocycles. The predicted molar refractivity (Wildman–Crippen MR) is 132 cm³/mol. The van der Waals surface area contributed by atoms with Gasteiger partial charge in [0.25, 0.3) is 0 Å². The van der Waals surface area contributed by atoms with Gasteiger partial charge in [-0.2, -0.15) is 0 Å². The lowest BCUT2D eigenvalue weighted by molar-refractivity contribution is -0.134. The highest BCUT2D eigenvalue weighted by atomic mass is 79.9. The number of hydrogen-bond acceptors (Lipinski definition) is 6. The van der Waals surface area contributed by atoms with E-state index >= 15 is 0 Å². The zero-order valence-electron chi connectivity index (χ0n) is 19.1. The summed E-state index contributed by atoms with van der Waals surface area (Å²) in [6.45, 7) is 0.230. The summed E-state index contributed by atoms with van der Waals surface area (Å²) in [5.41, 5.74) is 3.23. The molecule has 0 atom stereocenters. The van der Waals surface area contributed by atoms with Gasteiger partial charge < -0.3 is 4.74 Å². The fraction of sp³-hybridized carbons (Fsp3) is 0.250. The minimum atomic E-state index is -4.54. The fourth-order valence-electron chi connectivity index (χ4n) is 3.76. The van der Waals surface area contributed by atoms with Crippen LogP contribution in [-0.4, -0.2) is 22.2 Å². The van der Waals surface area contributed by atoms with E-state index < -0.39 is 19.7 Å². The number of rotatable bonds is 10. The predicted octanol–water partition coefficient (Wildman–Crippen LogP) is 6.14. The Labute approximate surface area is 213 Å². The normalized spacial score (nSPS) is 13.9. The number of methoxy groups -OCH3 is 1. The number of hydrogen-bond donors (Lipinski definition) is 0. The Morgan fingerprint density at radius 1 is 1.17 bits per heavy atom. The molecule has 1 saturated carbocycles. The van der Waals surface area contributed by atoms with E-state index in [1.54, 1.807) is 27.3 Å². The van der Waals surface area contributed by atoms with Crippen molar-refractivity contribution in [2.75, 3.05) is 7.11 Å². The summed E-state index contributed by atoms with van der Waals surface area (Å²) in [5.74, 6) is -0.455. The summed E-state index contributed by atoms with van der Waals surface area (Å²) in [6, 6.07) is 12.5. The topological polar surface area (TPSA) is 88.8 Å². The van der Waals surface area contributed by atoms with Gasteiger partial charge in [0.15, 0.2) is 0 Å².